The number of sulfonamides is 1. The van der Waals surface area contributed by atoms with E-state index in [0.29, 0.717) is 18.0 Å². The van der Waals surface area contributed by atoms with Crippen LogP contribution in [0.3, 0.4) is 0 Å². The fourth-order valence-corrected chi connectivity index (χ4v) is 7.37. The maximum absolute atomic E-state index is 13.8. The lowest BCUT2D eigenvalue weighted by molar-refractivity contribution is 0.0940. The van der Waals surface area contributed by atoms with Gasteiger partial charge in [-0.25, -0.2) is 8.42 Å². The number of benzene rings is 2. The number of hydrogen-bond acceptors (Lipinski definition) is 5. The zero-order valence-electron chi connectivity index (χ0n) is 18.7. The second-order valence-electron chi connectivity index (χ2n) is 9.03. The van der Waals surface area contributed by atoms with E-state index in [9.17, 15) is 13.2 Å². The van der Waals surface area contributed by atoms with Gasteiger partial charge in [0.25, 0.3) is 15.9 Å². The summed E-state index contributed by atoms with van der Waals surface area (Å²) in [6.07, 6.45) is 4.13. The number of thiophene rings is 1. The molecular weight excluding hydrogens is 454 g/mol. The second-order valence-corrected chi connectivity index (χ2v) is 11.9. The smallest absolute Gasteiger partial charge is 0.264 e. The van der Waals surface area contributed by atoms with Gasteiger partial charge >= 0.3 is 0 Å². The Morgan fingerprint density at radius 1 is 1.12 bits per heavy atom. The number of anilines is 1. The minimum absolute atomic E-state index is 0.120. The van der Waals surface area contributed by atoms with Crippen molar-refractivity contribution in [1.29, 1.82) is 0 Å². The molecule has 1 atom stereocenters. The van der Waals surface area contributed by atoms with Crippen LogP contribution in [-0.2, 0) is 10.0 Å². The molecule has 5 rings (SSSR count). The average Bonchev–Trinajstić information content (AvgIpc) is 3.40. The van der Waals surface area contributed by atoms with E-state index >= 15 is 0 Å². The zero-order valence-corrected chi connectivity index (χ0v) is 20.3. The highest BCUT2D eigenvalue weighted by molar-refractivity contribution is 7.93. The summed E-state index contributed by atoms with van der Waals surface area (Å²) in [6, 6.07) is 14.5. The van der Waals surface area contributed by atoms with Crippen LogP contribution in [0.5, 0.6) is 0 Å². The van der Waals surface area contributed by atoms with Crippen molar-refractivity contribution in [2.45, 2.75) is 43.5 Å². The summed E-state index contributed by atoms with van der Waals surface area (Å²) >= 11 is 1.53. The van der Waals surface area contributed by atoms with Crippen molar-refractivity contribution in [3.8, 4) is 0 Å². The van der Waals surface area contributed by atoms with Gasteiger partial charge in [-0.2, -0.15) is 0 Å². The molecule has 1 aliphatic heterocycles. The van der Waals surface area contributed by atoms with Crippen LogP contribution in [0.1, 0.15) is 41.6 Å². The van der Waals surface area contributed by atoms with E-state index < -0.39 is 10.0 Å². The molecule has 3 aromatic rings. The van der Waals surface area contributed by atoms with Crippen LogP contribution in [0.25, 0.3) is 10.1 Å². The molecular formula is C25H29N3O3S2. The molecule has 1 aromatic heterocycles. The molecule has 2 N–H and O–H groups in total. The Hall–Kier alpha value is -2.42. The molecule has 174 valence electrons. The highest BCUT2D eigenvalue weighted by atomic mass is 32.2. The third kappa shape index (κ3) is 4.65. The Morgan fingerprint density at radius 2 is 1.88 bits per heavy atom. The molecule has 1 aliphatic carbocycles. The maximum Gasteiger partial charge on any atom is 0.264 e. The third-order valence-electron chi connectivity index (χ3n) is 6.58. The monoisotopic (exact) mass is 483 g/mol. The number of hydrogen-bond donors (Lipinski definition) is 2. The Balaban J connectivity index is 1.43. The first kappa shape index (κ1) is 22.4. The quantitative estimate of drug-likeness (QED) is 0.501. The van der Waals surface area contributed by atoms with Gasteiger partial charge in [-0.1, -0.05) is 31.0 Å². The molecule has 1 saturated carbocycles. The molecule has 2 aromatic carbocycles. The number of nitrogens with zero attached hydrogens (tertiary/aromatic N) is 1. The molecule has 8 heteroatoms. The lowest BCUT2D eigenvalue weighted by Gasteiger charge is -2.24. The molecule has 1 saturated heterocycles. The normalized spacial score (nSPS) is 18.5. The van der Waals surface area contributed by atoms with Gasteiger partial charge < -0.3 is 10.6 Å². The number of aryl methyl sites for hydroxylation is 1. The minimum Gasteiger partial charge on any atom is -0.348 e. The van der Waals surface area contributed by atoms with Crippen molar-refractivity contribution in [2.24, 2.45) is 5.92 Å². The van der Waals surface area contributed by atoms with Crippen LogP contribution in [0, 0.1) is 12.8 Å². The highest BCUT2D eigenvalue weighted by Crippen LogP contribution is 2.41. The molecule has 0 unspecified atom stereocenters. The van der Waals surface area contributed by atoms with E-state index in [1.54, 1.807) is 28.6 Å². The molecule has 2 heterocycles. The third-order valence-corrected chi connectivity index (χ3v) is 9.81. The largest absolute Gasteiger partial charge is 0.348 e. The van der Waals surface area contributed by atoms with Crippen LogP contribution in [-0.4, -0.2) is 40.0 Å². The summed E-state index contributed by atoms with van der Waals surface area (Å²) in [4.78, 5) is 12.8. The Morgan fingerprint density at radius 3 is 2.55 bits per heavy atom. The lowest BCUT2D eigenvalue weighted by Crippen LogP contribution is -2.36. The predicted molar refractivity (Wildman–Crippen MR) is 134 cm³/mol. The van der Waals surface area contributed by atoms with Crippen molar-refractivity contribution in [1.82, 2.24) is 10.6 Å². The number of nitrogens with one attached hydrogen (secondary N) is 2. The molecule has 33 heavy (non-hydrogen) atoms. The number of amides is 1. The van der Waals surface area contributed by atoms with E-state index in [2.05, 4.69) is 10.6 Å². The Bertz CT molecular complexity index is 1260. The summed E-state index contributed by atoms with van der Waals surface area (Å²) in [5.41, 5.74) is 1.47. The van der Waals surface area contributed by atoms with Crippen LogP contribution < -0.4 is 14.9 Å². The fraction of sp³-hybridized carbons (Fsp3) is 0.400. The van der Waals surface area contributed by atoms with Crippen LogP contribution in [0.15, 0.2) is 53.4 Å². The van der Waals surface area contributed by atoms with Crippen LogP contribution in [0.4, 0.5) is 5.00 Å². The molecule has 1 amide bonds. The van der Waals surface area contributed by atoms with Crippen LogP contribution in [0.2, 0.25) is 0 Å². The van der Waals surface area contributed by atoms with Gasteiger partial charge in [0.15, 0.2) is 0 Å². The molecule has 2 fully saturated rings. The predicted octanol–water partition coefficient (Wildman–Crippen LogP) is 4.30. The average molecular weight is 484 g/mol. The standard InChI is InChI=1S/C25H29N3O3S2/c1-17-22-4-2-3-5-23(22)32-25(17)28(15-13-18-6-7-18)33(30,31)21-10-8-19(9-11-21)24(29)27-20-12-14-26-16-20/h2-5,8-11,18,20,26H,6-7,12-16H2,1H3,(H,27,29)/t20-/m1/s1. The van der Waals surface area contributed by atoms with Crippen molar-refractivity contribution >= 4 is 42.4 Å². The van der Waals surface area contributed by atoms with Gasteiger partial charge in [-0.05, 0) is 73.5 Å². The van der Waals surface area contributed by atoms with Gasteiger partial charge in [-0.15, -0.1) is 11.3 Å². The highest BCUT2D eigenvalue weighted by Gasteiger charge is 2.31. The lowest BCUT2D eigenvalue weighted by atomic mass is 10.2. The summed E-state index contributed by atoms with van der Waals surface area (Å²) in [7, 11) is -3.75. The van der Waals surface area contributed by atoms with Crippen LogP contribution >= 0.6 is 11.3 Å². The van der Waals surface area contributed by atoms with Gasteiger partial charge in [0.05, 0.1) is 4.90 Å². The second kappa shape index (κ2) is 9.08. The molecule has 0 radical (unpaired) electrons. The number of carbonyl (C=O) groups is 1. The summed E-state index contributed by atoms with van der Waals surface area (Å²) < 4.78 is 30.2. The van der Waals surface area contributed by atoms with Gasteiger partial charge in [0.2, 0.25) is 0 Å². The topological polar surface area (TPSA) is 78.5 Å². The zero-order chi connectivity index (χ0) is 23.0. The van der Waals surface area contributed by atoms with Gasteiger partial charge in [0, 0.05) is 29.4 Å². The summed E-state index contributed by atoms with van der Waals surface area (Å²) in [5.74, 6) is 0.451. The molecule has 2 aliphatic rings. The van der Waals surface area contributed by atoms with E-state index in [-0.39, 0.29) is 16.8 Å². The van der Waals surface area contributed by atoms with Gasteiger partial charge in [-0.3, -0.25) is 9.10 Å². The first-order valence-corrected chi connectivity index (χ1v) is 13.8. The fourth-order valence-electron chi connectivity index (χ4n) is 4.39. The van der Waals surface area contributed by atoms with E-state index in [0.717, 1.165) is 46.6 Å². The Kier molecular flexibility index (Phi) is 6.16. The summed E-state index contributed by atoms with van der Waals surface area (Å²) in [6.45, 7) is 4.13. The number of rotatable bonds is 8. The first-order chi connectivity index (χ1) is 15.9. The van der Waals surface area contributed by atoms with E-state index in [1.165, 1.54) is 24.2 Å². The number of fused-ring (bicyclic) bond motifs is 1. The van der Waals surface area contributed by atoms with Crippen molar-refractivity contribution < 1.29 is 13.2 Å². The molecule has 0 bridgehead atoms. The van der Waals surface area contributed by atoms with Crippen molar-refractivity contribution in [3.05, 3.63) is 59.7 Å². The van der Waals surface area contributed by atoms with Gasteiger partial charge in [0.1, 0.15) is 5.00 Å². The number of carbonyl (C=O) groups excluding carboxylic acids is 1. The van der Waals surface area contributed by atoms with E-state index in [4.69, 9.17) is 0 Å². The molecule has 0 spiro atoms. The molecule has 6 nitrogen and oxygen atoms in total. The van der Waals surface area contributed by atoms with E-state index in [1.807, 2.05) is 31.2 Å². The maximum atomic E-state index is 13.8. The SMILES string of the molecule is Cc1c(N(CCC2CC2)S(=O)(=O)c2ccc(C(=O)N[C@@H]3CCNC3)cc2)sc2ccccc12. The Labute approximate surface area is 199 Å². The van der Waals surface area contributed by atoms with Crippen molar-refractivity contribution in [2.75, 3.05) is 23.9 Å². The minimum atomic E-state index is -3.75. The van der Waals surface area contributed by atoms with Crippen molar-refractivity contribution in [3.63, 3.8) is 0 Å². The summed E-state index contributed by atoms with van der Waals surface area (Å²) in [5, 5.41) is 8.11. The first-order valence-electron chi connectivity index (χ1n) is 11.6.